The Morgan fingerprint density at radius 3 is 2.79 bits per heavy atom. The molecule has 4 nitrogen and oxygen atoms in total. The van der Waals surface area contributed by atoms with E-state index >= 15 is 0 Å². The summed E-state index contributed by atoms with van der Waals surface area (Å²) < 4.78 is 14.0. The summed E-state index contributed by atoms with van der Waals surface area (Å²) in [7, 11) is 0. The number of benzene rings is 1. The normalized spacial score (nSPS) is 19.2. The molecule has 2 amide bonds. The van der Waals surface area contributed by atoms with Crippen molar-refractivity contribution in [1.82, 2.24) is 4.90 Å². The van der Waals surface area contributed by atoms with Crippen LogP contribution in [-0.2, 0) is 0 Å². The second-order valence-corrected chi connectivity index (χ2v) is 5.29. The van der Waals surface area contributed by atoms with Crippen LogP contribution in [0.1, 0.15) is 31.0 Å². The maximum atomic E-state index is 14.0. The average Bonchev–Trinajstić information content (AvgIpc) is 2.57. The van der Waals surface area contributed by atoms with Crippen LogP contribution < -0.4 is 5.73 Å². The fraction of sp³-hybridized carbons (Fsp3) is 0.429. The van der Waals surface area contributed by atoms with Gasteiger partial charge in [0.05, 0.1) is 0 Å². The first-order valence-corrected chi connectivity index (χ1v) is 6.31. The van der Waals surface area contributed by atoms with E-state index in [4.69, 9.17) is 5.73 Å². The number of urea groups is 1. The number of carbonyl (C=O) groups excluding carboxylic acids is 1. The minimum Gasteiger partial charge on any atom is -0.385 e. The van der Waals surface area contributed by atoms with E-state index in [9.17, 15) is 9.18 Å². The van der Waals surface area contributed by atoms with Crippen LogP contribution in [0.2, 0.25) is 0 Å². The summed E-state index contributed by atoms with van der Waals surface area (Å²) in [5.74, 6) is 0.0628. The highest BCUT2D eigenvalue weighted by atomic mass is 19.1. The van der Waals surface area contributed by atoms with Crippen molar-refractivity contribution in [2.45, 2.75) is 26.8 Å². The van der Waals surface area contributed by atoms with E-state index in [1.807, 2.05) is 20.8 Å². The summed E-state index contributed by atoms with van der Waals surface area (Å²) in [5.41, 5.74) is 7.14. The topological polar surface area (TPSA) is 58.7 Å². The number of nitrogens with zero attached hydrogens (tertiary/aromatic N) is 2. The number of hydrogen-bond donors (Lipinski definition) is 1. The molecule has 1 aromatic rings. The first-order chi connectivity index (χ1) is 8.90. The van der Waals surface area contributed by atoms with Gasteiger partial charge >= 0.3 is 6.03 Å². The van der Waals surface area contributed by atoms with Crippen LogP contribution in [0.4, 0.5) is 9.18 Å². The summed E-state index contributed by atoms with van der Waals surface area (Å²) in [4.78, 5) is 17.1. The fourth-order valence-electron chi connectivity index (χ4n) is 2.28. The van der Waals surface area contributed by atoms with E-state index in [2.05, 4.69) is 4.99 Å². The molecule has 1 heterocycles. The molecule has 1 aromatic carbocycles. The van der Waals surface area contributed by atoms with Crippen LogP contribution in [0, 0.1) is 18.7 Å². The number of aliphatic imine (C=N–C) groups is 1. The molecule has 19 heavy (non-hydrogen) atoms. The first-order valence-electron chi connectivity index (χ1n) is 6.31. The van der Waals surface area contributed by atoms with Crippen LogP contribution in [-0.4, -0.2) is 23.3 Å². The minimum absolute atomic E-state index is 0.162. The fourth-order valence-corrected chi connectivity index (χ4v) is 2.28. The van der Waals surface area contributed by atoms with Gasteiger partial charge in [-0.1, -0.05) is 31.5 Å². The molecule has 0 aromatic heterocycles. The van der Waals surface area contributed by atoms with Gasteiger partial charge < -0.3 is 10.6 Å². The molecule has 2 N–H and O–H groups in total. The van der Waals surface area contributed by atoms with E-state index in [-0.39, 0.29) is 17.6 Å². The van der Waals surface area contributed by atoms with Crippen molar-refractivity contribution >= 4 is 11.9 Å². The van der Waals surface area contributed by atoms with Crippen LogP contribution >= 0.6 is 0 Å². The van der Waals surface area contributed by atoms with Crippen molar-refractivity contribution in [1.29, 1.82) is 0 Å². The summed E-state index contributed by atoms with van der Waals surface area (Å²) >= 11 is 0. The number of rotatable bonds is 3. The molecule has 0 radical (unpaired) electrons. The highest BCUT2D eigenvalue weighted by Crippen LogP contribution is 2.30. The molecular weight excluding hydrogens is 245 g/mol. The molecule has 0 aliphatic carbocycles. The summed E-state index contributed by atoms with van der Waals surface area (Å²) in [6.45, 7) is 6.36. The van der Waals surface area contributed by atoms with Gasteiger partial charge in [0.15, 0.2) is 0 Å². The zero-order valence-corrected chi connectivity index (χ0v) is 11.4. The average molecular weight is 263 g/mol. The van der Waals surface area contributed by atoms with Gasteiger partial charge in [-0.3, -0.25) is 0 Å². The van der Waals surface area contributed by atoms with Gasteiger partial charge in [0.1, 0.15) is 17.7 Å². The number of nitrogens with two attached hydrogens (primary N) is 1. The highest BCUT2D eigenvalue weighted by Gasteiger charge is 2.36. The molecule has 0 saturated heterocycles. The quantitative estimate of drug-likeness (QED) is 0.911. The zero-order valence-electron chi connectivity index (χ0n) is 11.4. The van der Waals surface area contributed by atoms with Gasteiger partial charge in [0.2, 0.25) is 0 Å². The molecule has 0 spiro atoms. The van der Waals surface area contributed by atoms with E-state index in [1.54, 1.807) is 12.1 Å². The summed E-state index contributed by atoms with van der Waals surface area (Å²) in [5, 5.41) is 0. The van der Waals surface area contributed by atoms with Crippen molar-refractivity contribution < 1.29 is 9.18 Å². The van der Waals surface area contributed by atoms with E-state index in [0.29, 0.717) is 12.1 Å². The molecule has 5 heteroatoms. The first kappa shape index (κ1) is 13.5. The van der Waals surface area contributed by atoms with Gasteiger partial charge in [-0.15, -0.1) is 0 Å². The van der Waals surface area contributed by atoms with E-state index < -0.39 is 12.1 Å². The lowest BCUT2D eigenvalue weighted by molar-refractivity contribution is 0.198. The third-order valence-corrected chi connectivity index (χ3v) is 3.07. The van der Waals surface area contributed by atoms with Gasteiger partial charge in [-0.25, -0.2) is 9.18 Å². The van der Waals surface area contributed by atoms with E-state index in [1.165, 1.54) is 11.0 Å². The molecule has 102 valence electrons. The Labute approximate surface area is 112 Å². The third kappa shape index (κ3) is 2.59. The number of carbonyl (C=O) groups is 1. The number of amidine groups is 1. The molecule has 0 saturated carbocycles. The van der Waals surface area contributed by atoms with Crippen molar-refractivity contribution in [3.63, 3.8) is 0 Å². The predicted molar refractivity (Wildman–Crippen MR) is 72.4 cm³/mol. The molecule has 0 bridgehead atoms. The molecule has 1 aliphatic heterocycles. The molecule has 1 aliphatic rings. The van der Waals surface area contributed by atoms with Crippen molar-refractivity contribution in [3.05, 3.63) is 35.1 Å². The predicted octanol–water partition coefficient (Wildman–Crippen LogP) is 2.62. The van der Waals surface area contributed by atoms with Crippen LogP contribution in [0.25, 0.3) is 0 Å². The zero-order chi connectivity index (χ0) is 14.2. The lowest BCUT2D eigenvalue weighted by Crippen LogP contribution is -2.36. The van der Waals surface area contributed by atoms with Crippen molar-refractivity contribution in [2.75, 3.05) is 6.54 Å². The summed E-state index contributed by atoms with van der Waals surface area (Å²) in [6.07, 6.45) is 0. The second-order valence-electron chi connectivity index (χ2n) is 5.29. The highest BCUT2D eigenvalue weighted by molar-refractivity contribution is 6.03. The van der Waals surface area contributed by atoms with E-state index in [0.717, 1.165) is 5.56 Å². The SMILES string of the molecule is Cc1ccc(F)c(C2C(N)=NC(=O)N2CC(C)C)c1. The Morgan fingerprint density at radius 2 is 2.16 bits per heavy atom. The largest absolute Gasteiger partial charge is 0.385 e. The molecular formula is C14H18FN3O. The van der Waals surface area contributed by atoms with Gasteiger partial charge in [0.25, 0.3) is 0 Å². The lowest BCUT2D eigenvalue weighted by atomic mass is 10.0. The third-order valence-electron chi connectivity index (χ3n) is 3.07. The van der Waals surface area contributed by atoms with Gasteiger partial charge in [-0.2, -0.15) is 4.99 Å². The Morgan fingerprint density at radius 1 is 1.47 bits per heavy atom. The maximum Gasteiger partial charge on any atom is 0.346 e. The number of amides is 2. The molecule has 1 unspecified atom stereocenters. The van der Waals surface area contributed by atoms with Gasteiger partial charge in [-0.05, 0) is 18.9 Å². The van der Waals surface area contributed by atoms with Gasteiger partial charge in [0, 0.05) is 12.1 Å². The monoisotopic (exact) mass is 263 g/mol. The molecule has 1 atom stereocenters. The molecule has 2 rings (SSSR count). The number of hydrogen-bond acceptors (Lipinski definition) is 2. The van der Waals surface area contributed by atoms with Crippen LogP contribution in [0.15, 0.2) is 23.2 Å². The Balaban J connectivity index is 2.42. The van der Waals surface area contributed by atoms with Crippen LogP contribution in [0.5, 0.6) is 0 Å². The number of aryl methyl sites for hydroxylation is 1. The molecule has 0 fully saturated rings. The summed E-state index contributed by atoms with van der Waals surface area (Å²) in [6, 6.07) is 3.82. The lowest BCUT2D eigenvalue weighted by Gasteiger charge is -2.26. The van der Waals surface area contributed by atoms with Crippen molar-refractivity contribution in [3.8, 4) is 0 Å². The maximum absolute atomic E-state index is 14.0. The number of halogens is 1. The minimum atomic E-state index is -0.588. The van der Waals surface area contributed by atoms with Crippen LogP contribution in [0.3, 0.4) is 0 Å². The Hall–Kier alpha value is -1.91. The Kier molecular flexibility index (Phi) is 3.55. The van der Waals surface area contributed by atoms with Crippen molar-refractivity contribution in [2.24, 2.45) is 16.6 Å². The Bertz CT molecular complexity index is 539. The smallest absolute Gasteiger partial charge is 0.346 e. The standard InChI is InChI=1S/C14H18FN3O/c1-8(2)7-18-12(13(16)17-14(18)19)10-6-9(3)4-5-11(10)15/h4-6,8,12H,7H2,1-3H3,(H2,16,17,19). The second kappa shape index (κ2) is 4.99.